The number of nitrogens with zero attached hydrogens (tertiary/aromatic N) is 3. The summed E-state index contributed by atoms with van der Waals surface area (Å²) in [4.78, 5) is 3.92. The number of hydrogen-bond donors (Lipinski definition) is 1. The van der Waals surface area contributed by atoms with Crippen LogP contribution in [0.2, 0.25) is 0 Å². The predicted octanol–water partition coefficient (Wildman–Crippen LogP) is 2.00. The maximum Gasteiger partial charge on any atom is 0.256 e. The third kappa shape index (κ3) is 2.90. The molecule has 2 aromatic rings. The van der Waals surface area contributed by atoms with Crippen molar-refractivity contribution in [1.29, 1.82) is 0 Å². The fraction of sp³-hybridized carbons (Fsp3) is 0.385. The van der Waals surface area contributed by atoms with Gasteiger partial charge in [0.15, 0.2) is 11.6 Å². The summed E-state index contributed by atoms with van der Waals surface area (Å²) in [5, 5.41) is 7.23. The van der Waals surface area contributed by atoms with Crippen molar-refractivity contribution in [2.24, 2.45) is 7.05 Å². The molecule has 19 heavy (non-hydrogen) atoms. The Morgan fingerprint density at radius 3 is 3.05 bits per heavy atom. The van der Waals surface area contributed by atoms with Crippen LogP contribution < -0.4 is 10.1 Å². The SMILES string of the molecule is Cn1cc(Oc2nccc(CNC3CC3)c2F)cn1. The monoisotopic (exact) mass is 262 g/mol. The van der Waals surface area contributed by atoms with Crippen molar-refractivity contribution >= 4 is 0 Å². The van der Waals surface area contributed by atoms with E-state index in [4.69, 9.17) is 4.74 Å². The molecule has 0 aromatic carbocycles. The number of aromatic nitrogens is 3. The van der Waals surface area contributed by atoms with E-state index in [1.54, 1.807) is 30.2 Å². The highest BCUT2D eigenvalue weighted by Crippen LogP contribution is 2.24. The molecule has 0 spiro atoms. The molecule has 1 N–H and O–H groups in total. The van der Waals surface area contributed by atoms with Gasteiger partial charge < -0.3 is 10.1 Å². The normalized spacial score (nSPS) is 14.6. The van der Waals surface area contributed by atoms with Gasteiger partial charge >= 0.3 is 0 Å². The Morgan fingerprint density at radius 1 is 1.53 bits per heavy atom. The molecular weight excluding hydrogens is 247 g/mol. The molecule has 0 radical (unpaired) electrons. The van der Waals surface area contributed by atoms with Crippen LogP contribution in [0.5, 0.6) is 11.6 Å². The van der Waals surface area contributed by atoms with Gasteiger partial charge in [-0.2, -0.15) is 5.10 Å². The van der Waals surface area contributed by atoms with Crippen molar-refractivity contribution in [3.63, 3.8) is 0 Å². The molecule has 100 valence electrons. The zero-order valence-corrected chi connectivity index (χ0v) is 10.6. The Hall–Kier alpha value is -1.95. The van der Waals surface area contributed by atoms with Gasteiger partial charge in [0.2, 0.25) is 0 Å². The largest absolute Gasteiger partial charge is 0.433 e. The van der Waals surface area contributed by atoms with E-state index in [2.05, 4.69) is 15.4 Å². The van der Waals surface area contributed by atoms with Crippen LogP contribution in [0.4, 0.5) is 4.39 Å². The molecule has 3 rings (SSSR count). The molecule has 6 heteroatoms. The highest BCUT2D eigenvalue weighted by atomic mass is 19.1. The van der Waals surface area contributed by atoms with Crippen molar-refractivity contribution in [2.75, 3.05) is 0 Å². The Labute approximate surface area is 110 Å². The summed E-state index contributed by atoms with van der Waals surface area (Å²) in [6.07, 6.45) is 7.09. The van der Waals surface area contributed by atoms with Crippen LogP contribution in [-0.2, 0) is 13.6 Å². The topological polar surface area (TPSA) is 52.0 Å². The molecule has 2 heterocycles. The summed E-state index contributed by atoms with van der Waals surface area (Å²) < 4.78 is 21.2. The van der Waals surface area contributed by atoms with Gasteiger partial charge in [0.25, 0.3) is 5.88 Å². The first-order valence-electron chi connectivity index (χ1n) is 6.25. The Bertz CT molecular complexity index is 580. The molecule has 0 aliphatic heterocycles. The van der Waals surface area contributed by atoms with Gasteiger partial charge in [0.1, 0.15) is 0 Å². The molecule has 0 atom stereocenters. The summed E-state index contributed by atoms with van der Waals surface area (Å²) in [6, 6.07) is 2.20. The molecule has 2 aromatic heterocycles. The Kier molecular flexibility index (Phi) is 3.16. The van der Waals surface area contributed by atoms with E-state index in [9.17, 15) is 4.39 Å². The van der Waals surface area contributed by atoms with Crippen LogP contribution in [0.1, 0.15) is 18.4 Å². The maximum absolute atomic E-state index is 14.2. The molecule has 1 aliphatic rings. The van der Waals surface area contributed by atoms with Crippen molar-refractivity contribution in [1.82, 2.24) is 20.1 Å². The minimum absolute atomic E-state index is 0.0110. The lowest BCUT2D eigenvalue weighted by atomic mass is 10.2. The smallest absolute Gasteiger partial charge is 0.256 e. The number of halogens is 1. The average molecular weight is 262 g/mol. The molecule has 1 saturated carbocycles. The maximum atomic E-state index is 14.2. The summed E-state index contributed by atoms with van der Waals surface area (Å²) in [5.41, 5.74) is 0.570. The molecule has 1 aliphatic carbocycles. The van der Waals surface area contributed by atoms with Crippen LogP contribution in [0, 0.1) is 5.82 Å². The van der Waals surface area contributed by atoms with Gasteiger partial charge in [-0.05, 0) is 18.9 Å². The van der Waals surface area contributed by atoms with E-state index < -0.39 is 5.82 Å². The lowest BCUT2D eigenvalue weighted by Gasteiger charge is -2.08. The van der Waals surface area contributed by atoms with E-state index in [1.807, 2.05) is 0 Å². The number of aryl methyl sites for hydroxylation is 1. The van der Waals surface area contributed by atoms with Crippen molar-refractivity contribution < 1.29 is 9.13 Å². The van der Waals surface area contributed by atoms with Crippen molar-refractivity contribution in [3.05, 3.63) is 36.0 Å². The number of rotatable bonds is 5. The molecule has 0 unspecified atom stereocenters. The Morgan fingerprint density at radius 2 is 2.37 bits per heavy atom. The standard InChI is InChI=1S/C13H15FN4O/c1-18-8-11(7-17-18)19-13-12(14)9(4-5-15-13)6-16-10-2-3-10/h4-5,7-8,10,16H,2-3,6H2,1H3. The lowest BCUT2D eigenvalue weighted by Crippen LogP contribution is -2.16. The van der Waals surface area contributed by atoms with Crippen LogP contribution >= 0.6 is 0 Å². The van der Waals surface area contributed by atoms with Crippen LogP contribution in [0.15, 0.2) is 24.7 Å². The predicted molar refractivity (Wildman–Crippen MR) is 67.3 cm³/mol. The van der Waals surface area contributed by atoms with Crippen molar-refractivity contribution in [2.45, 2.75) is 25.4 Å². The van der Waals surface area contributed by atoms with E-state index in [1.165, 1.54) is 19.0 Å². The summed E-state index contributed by atoms with van der Waals surface area (Å²) in [7, 11) is 1.77. The highest BCUT2D eigenvalue weighted by molar-refractivity contribution is 5.28. The second kappa shape index (κ2) is 4.97. The van der Waals surface area contributed by atoms with Gasteiger partial charge in [-0.3, -0.25) is 4.68 Å². The fourth-order valence-electron chi connectivity index (χ4n) is 1.77. The van der Waals surface area contributed by atoms with E-state index in [0.29, 0.717) is 23.9 Å². The molecular formula is C13H15FN4O. The lowest BCUT2D eigenvalue weighted by molar-refractivity contribution is 0.417. The molecule has 5 nitrogen and oxygen atoms in total. The second-order valence-corrected chi connectivity index (χ2v) is 4.70. The minimum Gasteiger partial charge on any atom is -0.433 e. The molecule has 1 fully saturated rings. The van der Waals surface area contributed by atoms with Gasteiger partial charge in [-0.25, -0.2) is 9.37 Å². The zero-order valence-electron chi connectivity index (χ0n) is 10.6. The molecule has 0 saturated heterocycles. The quantitative estimate of drug-likeness (QED) is 0.895. The average Bonchev–Trinajstić information content (AvgIpc) is 3.13. The fourth-order valence-corrected chi connectivity index (χ4v) is 1.77. The number of nitrogens with one attached hydrogen (secondary N) is 1. The number of pyridine rings is 1. The summed E-state index contributed by atoms with van der Waals surface area (Å²) >= 11 is 0. The van der Waals surface area contributed by atoms with Gasteiger partial charge in [-0.1, -0.05) is 0 Å². The zero-order chi connectivity index (χ0) is 13.2. The van der Waals surface area contributed by atoms with Gasteiger partial charge in [-0.15, -0.1) is 0 Å². The third-order valence-electron chi connectivity index (χ3n) is 2.99. The first kappa shape index (κ1) is 12.1. The van der Waals surface area contributed by atoms with E-state index in [-0.39, 0.29) is 5.88 Å². The van der Waals surface area contributed by atoms with Crippen LogP contribution in [0.3, 0.4) is 0 Å². The number of hydrogen-bond acceptors (Lipinski definition) is 4. The summed E-state index contributed by atoms with van der Waals surface area (Å²) in [5.74, 6) is 0.0452. The molecule has 0 amide bonds. The van der Waals surface area contributed by atoms with E-state index in [0.717, 1.165) is 0 Å². The van der Waals surface area contributed by atoms with Gasteiger partial charge in [0, 0.05) is 31.4 Å². The second-order valence-electron chi connectivity index (χ2n) is 4.70. The van der Waals surface area contributed by atoms with E-state index >= 15 is 0 Å². The Balaban J connectivity index is 1.74. The van der Waals surface area contributed by atoms with Gasteiger partial charge in [0.05, 0.1) is 12.4 Å². The first-order chi connectivity index (χ1) is 9.22. The number of ether oxygens (including phenoxy) is 1. The first-order valence-corrected chi connectivity index (χ1v) is 6.25. The molecule has 0 bridgehead atoms. The highest BCUT2D eigenvalue weighted by Gasteiger charge is 2.21. The summed E-state index contributed by atoms with van der Waals surface area (Å²) in [6.45, 7) is 0.502. The van der Waals surface area contributed by atoms with Crippen LogP contribution in [-0.4, -0.2) is 20.8 Å². The minimum atomic E-state index is -0.417. The third-order valence-corrected chi connectivity index (χ3v) is 2.99. The van der Waals surface area contributed by atoms with Crippen molar-refractivity contribution in [3.8, 4) is 11.6 Å². The van der Waals surface area contributed by atoms with Crippen LogP contribution in [0.25, 0.3) is 0 Å².